The van der Waals surface area contributed by atoms with E-state index in [1.165, 1.54) is 15.0 Å². The molecule has 0 saturated carbocycles. The zero-order valence-corrected chi connectivity index (χ0v) is 9.73. The Hall–Kier alpha value is -1.33. The predicted octanol–water partition coefficient (Wildman–Crippen LogP) is 2.95. The molecule has 3 rings (SSSR count). The van der Waals surface area contributed by atoms with Gasteiger partial charge in [-0.1, -0.05) is 0 Å². The van der Waals surface area contributed by atoms with Crippen LogP contribution in [0.4, 0.5) is 5.82 Å². The second-order valence-electron chi connectivity index (χ2n) is 3.38. The summed E-state index contributed by atoms with van der Waals surface area (Å²) in [4.78, 5) is 1.18. The number of aryl methyl sites for hydroxylation is 1. The third-order valence-electron chi connectivity index (χ3n) is 2.33. The number of nitrogens with two attached hydrogens (primary N) is 1. The summed E-state index contributed by atoms with van der Waals surface area (Å²) in [6.45, 7) is 0. The highest BCUT2D eigenvalue weighted by molar-refractivity contribution is 7.25. The van der Waals surface area contributed by atoms with Gasteiger partial charge in [-0.2, -0.15) is 16.4 Å². The third-order valence-corrected chi connectivity index (χ3v) is 4.36. The molecule has 0 atom stereocenters. The van der Waals surface area contributed by atoms with E-state index in [4.69, 9.17) is 5.73 Å². The molecule has 3 aromatic rings. The molecule has 0 unspecified atom stereocenters. The van der Waals surface area contributed by atoms with Crippen molar-refractivity contribution in [3.05, 3.63) is 22.9 Å². The molecule has 0 radical (unpaired) electrons. The van der Waals surface area contributed by atoms with Gasteiger partial charge in [-0.05, 0) is 11.4 Å². The van der Waals surface area contributed by atoms with Crippen LogP contribution in [0.3, 0.4) is 0 Å². The van der Waals surface area contributed by atoms with Gasteiger partial charge in [0.1, 0.15) is 11.5 Å². The number of aromatic nitrogens is 2. The highest BCUT2D eigenvalue weighted by atomic mass is 32.1. The van der Waals surface area contributed by atoms with Crippen molar-refractivity contribution >= 4 is 38.6 Å². The molecule has 3 heterocycles. The minimum absolute atomic E-state index is 0.695. The molecular formula is C10H9N3S2. The van der Waals surface area contributed by atoms with Crippen molar-refractivity contribution in [2.75, 3.05) is 5.73 Å². The van der Waals surface area contributed by atoms with E-state index in [0.717, 1.165) is 5.69 Å². The Morgan fingerprint density at radius 1 is 1.33 bits per heavy atom. The topological polar surface area (TPSA) is 43.8 Å². The fourth-order valence-corrected chi connectivity index (χ4v) is 3.47. The van der Waals surface area contributed by atoms with Gasteiger partial charge in [0.05, 0.1) is 4.88 Å². The monoisotopic (exact) mass is 235 g/mol. The lowest BCUT2D eigenvalue weighted by Crippen LogP contribution is -1.96. The van der Waals surface area contributed by atoms with E-state index in [0.29, 0.717) is 5.82 Å². The van der Waals surface area contributed by atoms with Gasteiger partial charge in [0.25, 0.3) is 0 Å². The molecule has 76 valence electrons. The smallest absolute Gasteiger partial charge is 0.121 e. The lowest BCUT2D eigenvalue weighted by molar-refractivity contribution is 0.783. The van der Waals surface area contributed by atoms with Crippen LogP contribution in [0.25, 0.3) is 20.7 Å². The van der Waals surface area contributed by atoms with E-state index in [2.05, 4.69) is 21.9 Å². The molecule has 3 aromatic heterocycles. The molecule has 0 fully saturated rings. The first-order valence-corrected chi connectivity index (χ1v) is 6.25. The average molecular weight is 235 g/mol. The fourth-order valence-electron chi connectivity index (χ4n) is 1.50. The van der Waals surface area contributed by atoms with Gasteiger partial charge in [0.15, 0.2) is 0 Å². The number of nitrogen functional groups attached to an aromatic ring is 1. The molecule has 2 N–H and O–H groups in total. The summed E-state index contributed by atoms with van der Waals surface area (Å²) >= 11 is 3.49. The van der Waals surface area contributed by atoms with Crippen molar-refractivity contribution < 1.29 is 0 Å². The number of fused-ring (bicyclic) bond motifs is 1. The van der Waals surface area contributed by atoms with E-state index >= 15 is 0 Å². The number of rotatable bonds is 1. The molecule has 0 aromatic carbocycles. The van der Waals surface area contributed by atoms with Crippen LogP contribution in [0, 0.1) is 0 Å². The summed E-state index contributed by atoms with van der Waals surface area (Å²) in [5.74, 6) is 0.695. The number of anilines is 1. The van der Waals surface area contributed by atoms with Crippen molar-refractivity contribution in [2.24, 2.45) is 7.05 Å². The first-order valence-electron chi connectivity index (χ1n) is 4.49. The van der Waals surface area contributed by atoms with Crippen LogP contribution in [0.2, 0.25) is 0 Å². The van der Waals surface area contributed by atoms with Crippen molar-refractivity contribution in [1.82, 2.24) is 9.78 Å². The zero-order valence-electron chi connectivity index (χ0n) is 8.10. The maximum Gasteiger partial charge on any atom is 0.121 e. The second kappa shape index (κ2) is 3.08. The van der Waals surface area contributed by atoms with Gasteiger partial charge < -0.3 is 5.73 Å². The summed E-state index contributed by atoms with van der Waals surface area (Å²) < 4.78 is 3.02. The van der Waals surface area contributed by atoms with Crippen LogP contribution < -0.4 is 5.73 Å². The standard InChI is InChI=1S/C10H9N3S2/c1-13-10(11)3-7(12-13)8-2-6-4-14-5-9(6)15-8/h2-5H,11H2,1H3. The molecule has 0 bridgehead atoms. The van der Waals surface area contributed by atoms with Gasteiger partial charge >= 0.3 is 0 Å². The van der Waals surface area contributed by atoms with Crippen LogP contribution >= 0.6 is 22.7 Å². The van der Waals surface area contributed by atoms with Crippen molar-refractivity contribution in [1.29, 1.82) is 0 Å². The first-order chi connectivity index (χ1) is 7.24. The maximum absolute atomic E-state index is 5.75. The van der Waals surface area contributed by atoms with Crippen molar-refractivity contribution in [3.63, 3.8) is 0 Å². The minimum Gasteiger partial charge on any atom is -0.384 e. The molecule has 0 aliphatic heterocycles. The Bertz CT molecular complexity index is 569. The first kappa shape index (κ1) is 8.94. The predicted molar refractivity (Wildman–Crippen MR) is 66.3 cm³/mol. The summed E-state index contributed by atoms with van der Waals surface area (Å²) in [6, 6.07) is 4.08. The van der Waals surface area contributed by atoms with Crippen molar-refractivity contribution in [2.45, 2.75) is 0 Å². The van der Waals surface area contributed by atoms with Crippen molar-refractivity contribution in [3.8, 4) is 10.6 Å². The normalized spacial score (nSPS) is 11.3. The quantitative estimate of drug-likeness (QED) is 0.704. The molecule has 0 aliphatic carbocycles. The maximum atomic E-state index is 5.75. The Balaban J connectivity index is 2.17. The number of hydrogen-bond acceptors (Lipinski definition) is 4. The second-order valence-corrected chi connectivity index (χ2v) is 5.21. The average Bonchev–Trinajstić information content (AvgIpc) is 2.80. The summed E-state index contributed by atoms with van der Waals surface area (Å²) in [5.41, 5.74) is 6.71. The van der Waals surface area contributed by atoms with E-state index in [1.54, 1.807) is 27.4 Å². The lowest BCUT2D eigenvalue weighted by Gasteiger charge is -1.89. The van der Waals surface area contributed by atoms with Crippen LogP contribution in [0.15, 0.2) is 22.9 Å². The van der Waals surface area contributed by atoms with Gasteiger partial charge in [-0.25, -0.2) is 0 Å². The summed E-state index contributed by atoms with van der Waals surface area (Å²) in [6.07, 6.45) is 0. The highest BCUT2D eigenvalue weighted by Gasteiger charge is 2.08. The molecule has 0 spiro atoms. The highest BCUT2D eigenvalue weighted by Crippen LogP contribution is 2.35. The molecular weight excluding hydrogens is 226 g/mol. The Morgan fingerprint density at radius 3 is 2.87 bits per heavy atom. The Labute approximate surface area is 94.8 Å². The summed E-state index contributed by atoms with van der Waals surface area (Å²) in [5, 5.41) is 9.97. The molecule has 3 nitrogen and oxygen atoms in total. The van der Waals surface area contributed by atoms with Crippen LogP contribution in [0.1, 0.15) is 0 Å². The van der Waals surface area contributed by atoms with E-state index in [1.807, 2.05) is 13.1 Å². The lowest BCUT2D eigenvalue weighted by atomic mass is 10.3. The Kier molecular flexibility index (Phi) is 1.83. The molecule has 0 amide bonds. The van der Waals surface area contributed by atoms with Crippen LogP contribution in [0.5, 0.6) is 0 Å². The van der Waals surface area contributed by atoms with Gasteiger partial charge in [-0.3, -0.25) is 4.68 Å². The third kappa shape index (κ3) is 1.35. The zero-order chi connectivity index (χ0) is 10.4. The van der Waals surface area contributed by atoms with Gasteiger partial charge in [0.2, 0.25) is 0 Å². The number of thiophene rings is 2. The Morgan fingerprint density at radius 2 is 2.20 bits per heavy atom. The minimum atomic E-state index is 0.695. The van der Waals surface area contributed by atoms with Gasteiger partial charge in [0, 0.05) is 28.6 Å². The molecule has 0 saturated heterocycles. The molecule has 5 heteroatoms. The van der Waals surface area contributed by atoms with Crippen LogP contribution in [-0.2, 0) is 7.05 Å². The molecule has 0 aliphatic rings. The van der Waals surface area contributed by atoms with E-state index < -0.39 is 0 Å². The molecule has 15 heavy (non-hydrogen) atoms. The van der Waals surface area contributed by atoms with E-state index in [9.17, 15) is 0 Å². The van der Waals surface area contributed by atoms with Gasteiger partial charge in [-0.15, -0.1) is 11.3 Å². The number of hydrogen-bond donors (Lipinski definition) is 1. The number of nitrogens with zero attached hydrogens (tertiary/aromatic N) is 2. The largest absolute Gasteiger partial charge is 0.384 e. The summed E-state index contributed by atoms with van der Waals surface area (Å²) in [7, 11) is 1.86. The fraction of sp³-hybridized carbons (Fsp3) is 0.100. The SMILES string of the molecule is Cn1nc(-c2cc3cscc3s2)cc1N. The van der Waals surface area contributed by atoms with Crippen LogP contribution in [-0.4, -0.2) is 9.78 Å². The van der Waals surface area contributed by atoms with E-state index in [-0.39, 0.29) is 0 Å².